The van der Waals surface area contributed by atoms with Crippen LogP contribution in [0, 0.1) is 0 Å². The lowest BCUT2D eigenvalue weighted by molar-refractivity contribution is -0.220. The van der Waals surface area contributed by atoms with Crippen molar-refractivity contribution < 1.29 is 58.3 Å². The number of aliphatic hydroxyl groups is 5. The summed E-state index contributed by atoms with van der Waals surface area (Å²) < 4.78 is 34.1. The summed E-state index contributed by atoms with van der Waals surface area (Å²) in [5.74, 6) is -0.508. The van der Waals surface area contributed by atoms with E-state index in [2.05, 4.69) is 86.8 Å². The maximum atomic E-state index is 12.8. The highest BCUT2D eigenvalue weighted by molar-refractivity contribution is 7.47. The Morgan fingerprint density at radius 1 is 0.559 bits per heavy atom. The molecule has 0 heterocycles. The van der Waals surface area contributed by atoms with E-state index in [9.17, 15) is 39.8 Å². The van der Waals surface area contributed by atoms with Crippen molar-refractivity contribution in [1.82, 2.24) is 0 Å². The molecule has 0 radical (unpaired) electrons. The van der Waals surface area contributed by atoms with Gasteiger partial charge in [0.25, 0.3) is 0 Å². The van der Waals surface area contributed by atoms with E-state index in [1.165, 1.54) is 12.8 Å². The highest BCUT2D eigenvalue weighted by atomic mass is 31.2. The molecule has 0 aromatic heterocycles. The standard InChI is InChI=1S/C46H79O12P/c1-3-5-7-9-11-13-15-17-19-20-21-23-25-27-29-31-33-35-40(47)57-39(38-56-59(53,54)58-46-44(51)42(49)41(48)43(50)45(46)52)37-55-36-34-32-30-28-26-24-22-18-16-14-12-10-8-6-4-2/h5,7,10-13,16-19,21,23,39,41-46,48-52H,3-4,6,8-9,14-15,20,22,24-38H2,1-2H3,(H,53,54)/b7-5-,12-10-,13-11-,18-16-,19-17-,23-21-. The Hall–Kier alpha value is -2.22. The topological polar surface area (TPSA) is 192 Å². The molecule has 6 atom stereocenters. The first-order valence-electron chi connectivity index (χ1n) is 22.3. The average Bonchev–Trinajstić information content (AvgIpc) is 3.22. The van der Waals surface area contributed by atoms with Crippen LogP contribution in [0.1, 0.15) is 149 Å². The maximum Gasteiger partial charge on any atom is 0.472 e. The fourth-order valence-corrected chi connectivity index (χ4v) is 7.22. The van der Waals surface area contributed by atoms with Gasteiger partial charge in [-0.05, 0) is 77.0 Å². The Labute approximate surface area is 355 Å². The molecule has 1 aliphatic carbocycles. The average molecular weight is 855 g/mol. The van der Waals surface area contributed by atoms with Gasteiger partial charge in [0, 0.05) is 13.0 Å². The SMILES string of the molecule is CC/C=C\C/C=C\C/C=C\C/C=C\CCCCCCC(=O)OC(COCCCCCCCC/C=C\C/C=C\CCCC)COP(=O)(O)OC1C(O)C(O)C(O)C(O)C1O. The van der Waals surface area contributed by atoms with E-state index >= 15 is 0 Å². The molecule has 59 heavy (non-hydrogen) atoms. The lowest BCUT2D eigenvalue weighted by Crippen LogP contribution is -2.64. The summed E-state index contributed by atoms with van der Waals surface area (Å²) >= 11 is 0. The first-order chi connectivity index (χ1) is 28.5. The molecule has 0 aliphatic heterocycles. The number of ether oxygens (including phenoxy) is 2. The molecule has 0 amide bonds. The Morgan fingerprint density at radius 3 is 1.53 bits per heavy atom. The first kappa shape index (κ1) is 54.8. The lowest BCUT2D eigenvalue weighted by atomic mass is 9.85. The summed E-state index contributed by atoms with van der Waals surface area (Å²) in [4.78, 5) is 23.1. The first-order valence-corrected chi connectivity index (χ1v) is 23.8. The van der Waals surface area contributed by atoms with Crippen molar-refractivity contribution in [3.8, 4) is 0 Å². The molecule has 0 aromatic carbocycles. The minimum atomic E-state index is -5.03. The molecule has 6 N–H and O–H groups in total. The van der Waals surface area contributed by atoms with Gasteiger partial charge in [-0.15, -0.1) is 0 Å². The second-order valence-corrected chi connectivity index (χ2v) is 16.6. The zero-order chi connectivity index (χ0) is 43.4. The Morgan fingerprint density at radius 2 is 1.00 bits per heavy atom. The molecule has 12 nitrogen and oxygen atoms in total. The van der Waals surface area contributed by atoms with Gasteiger partial charge in [-0.25, -0.2) is 4.57 Å². The predicted octanol–water partition coefficient (Wildman–Crippen LogP) is 8.80. The zero-order valence-corrected chi connectivity index (χ0v) is 36.9. The van der Waals surface area contributed by atoms with Gasteiger partial charge in [-0.3, -0.25) is 13.8 Å². The quantitative estimate of drug-likeness (QED) is 0.0152. The number of rotatable bonds is 36. The van der Waals surface area contributed by atoms with Crippen LogP contribution in [-0.2, 0) is 27.9 Å². The van der Waals surface area contributed by atoms with Gasteiger partial charge in [-0.1, -0.05) is 138 Å². The molecule has 1 saturated carbocycles. The third-order valence-electron chi connectivity index (χ3n) is 9.81. The number of hydrogen-bond donors (Lipinski definition) is 6. The molecule has 6 unspecified atom stereocenters. The number of esters is 1. The third kappa shape index (κ3) is 28.9. The van der Waals surface area contributed by atoms with Crippen LogP contribution in [0.15, 0.2) is 72.9 Å². The van der Waals surface area contributed by atoms with E-state index in [0.29, 0.717) is 13.0 Å². The van der Waals surface area contributed by atoms with Crippen molar-refractivity contribution in [2.75, 3.05) is 19.8 Å². The van der Waals surface area contributed by atoms with E-state index in [1.54, 1.807) is 0 Å². The summed E-state index contributed by atoms with van der Waals surface area (Å²) in [5, 5.41) is 50.1. The molecule has 13 heteroatoms. The summed E-state index contributed by atoms with van der Waals surface area (Å²) in [6.07, 6.45) is 33.9. The number of carbonyl (C=O) groups is 1. The second-order valence-electron chi connectivity index (χ2n) is 15.2. The smallest absolute Gasteiger partial charge is 0.457 e. The van der Waals surface area contributed by atoms with E-state index in [4.69, 9.17) is 18.5 Å². The van der Waals surface area contributed by atoms with Crippen molar-refractivity contribution in [2.45, 2.75) is 191 Å². The van der Waals surface area contributed by atoms with Crippen LogP contribution in [0.4, 0.5) is 0 Å². The van der Waals surface area contributed by atoms with Crippen LogP contribution in [-0.4, -0.2) is 98.9 Å². The molecule has 1 aliphatic rings. The highest BCUT2D eigenvalue weighted by Crippen LogP contribution is 2.47. The van der Waals surface area contributed by atoms with Crippen LogP contribution < -0.4 is 0 Å². The molecule has 0 bridgehead atoms. The predicted molar refractivity (Wildman–Crippen MR) is 235 cm³/mol. The Bertz CT molecular complexity index is 1250. The third-order valence-corrected chi connectivity index (χ3v) is 10.8. The second kappa shape index (κ2) is 36.4. The number of carbonyl (C=O) groups excluding carboxylic acids is 1. The van der Waals surface area contributed by atoms with Crippen molar-refractivity contribution in [1.29, 1.82) is 0 Å². The van der Waals surface area contributed by atoms with Crippen LogP contribution in [0.2, 0.25) is 0 Å². The van der Waals surface area contributed by atoms with E-state index in [-0.39, 0.29) is 13.0 Å². The molecule has 1 rings (SSSR count). The van der Waals surface area contributed by atoms with Gasteiger partial charge in [0.05, 0.1) is 13.2 Å². The van der Waals surface area contributed by atoms with Crippen molar-refractivity contribution in [2.24, 2.45) is 0 Å². The number of unbranched alkanes of at least 4 members (excludes halogenated alkanes) is 12. The largest absolute Gasteiger partial charge is 0.472 e. The minimum absolute atomic E-state index is 0.0982. The van der Waals surface area contributed by atoms with Gasteiger partial charge < -0.3 is 39.9 Å². The number of phosphoric ester groups is 1. The number of aliphatic hydroxyl groups excluding tert-OH is 5. The Balaban J connectivity index is 2.45. The van der Waals surface area contributed by atoms with Crippen LogP contribution in [0.5, 0.6) is 0 Å². The summed E-state index contributed by atoms with van der Waals surface area (Å²) in [6, 6.07) is 0. The molecular formula is C46H79O12P. The van der Waals surface area contributed by atoms with E-state index in [0.717, 1.165) is 109 Å². The number of phosphoric acid groups is 1. The number of hydrogen-bond acceptors (Lipinski definition) is 11. The molecule has 0 spiro atoms. The maximum absolute atomic E-state index is 12.8. The summed E-state index contributed by atoms with van der Waals surface area (Å²) in [6.45, 7) is 4.03. The van der Waals surface area contributed by atoms with E-state index < -0.39 is 63.1 Å². The Kier molecular flexibility index (Phi) is 33.8. The van der Waals surface area contributed by atoms with Gasteiger partial charge in [0.15, 0.2) is 0 Å². The van der Waals surface area contributed by atoms with Gasteiger partial charge in [-0.2, -0.15) is 0 Å². The van der Waals surface area contributed by atoms with Crippen LogP contribution in [0.25, 0.3) is 0 Å². The van der Waals surface area contributed by atoms with Crippen LogP contribution in [0.3, 0.4) is 0 Å². The molecule has 0 aromatic rings. The minimum Gasteiger partial charge on any atom is -0.457 e. The highest BCUT2D eigenvalue weighted by Gasteiger charge is 2.51. The molecule has 1 fully saturated rings. The normalized spacial score (nSPS) is 23.2. The van der Waals surface area contributed by atoms with Crippen molar-refractivity contribution >= 4 is 13.8 Å². The fraction of sp³-hybridized carbons (Fsp3) is 0.717. The number of allylic oxidation sites excluding steroid dienone is 12. The summed E-state index contributed by atoms with van der Waals surface area (Å²) in [5.41, 5.74) is 0. The van der Waals surface area contributed by atoms with Crippen molar-refractivity contribution in [3.05, 3.63) is 72.9 Å². The zero-order valence-electron chi connectivity index (χ0n) is 36.0. The monoisotopic (exact) mass is 855 g/mol. The molecule has 340 valence electrons. The lowest BCUT2D eigenvalue weighted by Gasteiger charge is -2.41. The van der Waals surface area contributed by atoms with E-state index in [1.807, 2.05) is 0 Å². The van der Waals surface area contributed by atoms with Gasteiger partial charge in [0.1, 0.15) is 42.7 Å². The van der Waals surface area contributed by atoms with Gasteiger partial charge >= 0.3 is 13.8 Å². The molecule has 0 saturated heterocycles. The fourth-order valence-electron chi connectivity index (χ4n) is 6.24. The summed E-state index contributed by atoms with van der Waals surface area (Å²) in [7, 11) is -5.03. The van der Waals surface area contributed by atoms with Crippen LogP contribution >= 0.6 is 7.82 Å². The molecular weight excluding hydrogens is 775 g/mol. The van der Waals surface area contributed by atoms with Gasteiger partial charge in [0.2, 0.25) is 0 Å². The van der Waals surface area contributed by atoms with Crippen molar-refractivity contribution in [3.63, 3.8) is 0 Å².